The molecule has 8 heteroatoms. The number of aromatic nitrogens is 2. The van der Waals surface area contributed by atoms with Gasteiger partial charge in [-0.1, -0.05) is 0 Å². The highest BCUT2D eigenvalue weighted by molar-refractivity contribution is 7.89. The van der Waals surface area contributed by atoms with Crippen molar-refractivity contribution in [2.45, 2.75) is 25.2 Å². The van der Waals surface area contributed by atoms with E-state index in [9.17, 15) is 8.42 Å². The van der Waals surface area contributed by atoms with E-state index >= 15 is 0 Å². The van der Waals surface area contributed by atoms with Gasteiger partial charge in [0.2, 0.25) is 10.0 Å². The van der Waals surface area contributed by atoms with Crippen LogP contribution in [0.15, 0.2) is 4.90 Å². The Labute approximate surface area is 107 Å². The van der Waals surface area contributed by atoms with Gasteiger partial charge >= 0.3 is 0 Å². The fourth-order valence-electron chi connectivity index (χ4n) is 1.68. The van der Waals surface area contributed by atoms with Crippen LogP contribution in [0.2, 0.25) is 0 Å². The largest absolute Gasteiger partial charge is 0.388 e. The smallest absolute Gasteiger partial charge is 0.246 e. The SMILES string of the molecule is Cc1nn(C)c(C)c1S(=O)(=O)N(C)CCC(=N)N. The molecule has 1 aromatic rings. The molecule has 0 aliphatic heterocycles. The van der Waals surface area contributed by atoms with Crippen molar-refractivity contribution in [2.24, 2.45) is 12.8 Å². The van der Waals surface area contributed by atoms with Gasteiger partial charge in [0.05, 0.1) is 17.2 Å². The first kappa shape index (κ1) is 14.7. The van der Waals surface area contributed by atoms with E-state index in [1.165, 1.54) is 11.4 Å². The molecule has 0 radical (unpaired) electrons. The number of sulfonamides is 1. The third-order valence-corrected chi connectivity index (χ3v) is 4.92. The van der Waals surface area contributed by atoms with Crippen LogP contribution in [-0.2, 0) is 17.1 Å². The summed E-state index contributed by atoms with van der Waals surface area (Å²) in [6, 6.07) is 0. The van der Waals surface area contributed by atoms with Crippen LogP contribution >= 0.6 is 0 Å². The van der Waals surface area contributed by atoms with Gasteiger partial charge in [0.1, 0.15) is 4.90 Å². The van der Waals surface area contributed by atoms with Crippen molar-refractivity contribution in [2.75, 3.05) is 13.6 Å². The second-order valence-corrected chi connectivity index (χ2v) is 6.21. The molecule has 0 spiro atoms. The zero-order valence-electron chi connectivity index (χ0n) is 11.1. The standard InChI is InChI=1S/C10H19N5O2S/c1-7-10(8(2)15(4)13-7)18(16,17)14(3)6-5-9(11)12/h5-6H2,1-4H3,(H3,11,12). The first-order valence-electron chi connectivity index (χ1n) is 5.47. The second-order valence-electron chi connectivity index (χ2n) is 4.23. The van der Waals surface area contributed by atoms with Crippen LogP contribution in [0.1, 0.15) is 17.8 Å². The number of rotatable bonds is 5. The monoisotopic (exact) mass is 273 g/mol. The lowest BCUT2D eigenvalue weighted by atomic mass is 10.4. The van der Waals surface area contributed by atoms with Gasteiger partial charge in [-0.25, -0.2) is 12.7 Å². The average Bonchev–Trinajstić information content (AvgIpc) is 2.49. The van der Waals surface area contributed by atoms with Crippen molar-refractivity contribution < 1.29 is 8.42 Å². The highest BCUT2D eigenvalue weighted by atomic mass is 32.2. The zero-order valence-corrected chi connectivity index (χ0v) is 11.9. The number of hydrogen-bond acceptors (Lipinski definition) is 4. The summed E-state index contributed by atoms with van der Waals surface area (Å²) in [5.74, 6) is -0.0309. The van der Waals surface area contributed by atoms with Crippen molar-refractivity contribution in [1.82, 2.24) is 14.1 Å². The summed E-state index contributed by atoms with van der Waals surface area (Å²) < 4.78 is 27.5. The zero-order chi connectivity index (χ0) is 14.1. The molecular weight excluding hydrogens is 254 g/mol. The number of amidine groups is 1. The molecule has 0 atom stereocenters. The number of hydrogen-bond donors (Lipinski definition) is 2. The maximum atomic E-state index is 12.4. The highest BCUT2D eigenvalue weighted by Crippen LogP contribution is 2.21. The van der Waals surface area contributed by atoms with Gasteiger partial charge in [-0.05, 0) is 13.8 Å². The van der Waals surface area contributed by atoms with E-state index in [2.05, 4.69) is 5.10 Å². The highest BCUT2D eigenvalue weighted by Gasteiger charge is 2.27. The lowest BCUT2D eigenvalue weighted by molar-refractivity contribution is 0.477. The second kappa shape index (κ2) is 5.07. The lowest BCUT2D eigenvalue weighted by Crippen LogP contribution is -2.31. The van der Waals surface area contributed by atoms with E-state index in [4.69, 9.17) is 11.1 Å². The van der Waals surface area contributed by atoms with Crippen molar-refractivity contribution >= 4 is 15.9 Å². The van der Waals surface area contributed by atoms with Crippen LogP contribution in [0, 0.1) is 19.3 Å². The number of nitrogens with two attached hydrogens (primary N) is 1. The van der Waals surface area contributed by atoms with Crippen LogP contribution in [0.5, 0.6) is 0 Å². The Morgan fingerprint density at radius 2 is 2.06 bits per heavy atom. The predicted molar refractivity (Wildman–Crippen MR) is 69.0 cm³/mol. The van der Waals surface area contributed by atoms with E-state index in [-0.39, 0.29) is 23.7 Å². The molecule has 102 valence electrons. The third-order valence-electron chi connectivity index (χ3n) is 2.81. The molecule has 18 heavy (non-hydrogen) atoms. The van der Waals surface area contributed by atoms with Crippen molar-refractivity contribution in [3.63, 3.8) is 0 Å². The summed E-state index contributed by atoms with van der Waals surface area (Å²) in [6.07, 6.45) is 0.216. The molecule has 1 aromatic heterocycles. The minimum atomic E-state index is -3.58. The Morgan fingerprint density at radius 1 is 1.50 bits per heavy atom. The Morgan fingerprint density at radius 3 is 2.44 bits per heavy atom. The Hall–Kier alpha value is -1.41. The van der Waals surface area contributed by atoms with Crippen LogP contribution < -0.4 is 5.73 Å². The van der Waals surface area contributed by atoms with E-state index in [0.717, 1.165) is 0 Å². The van der Waals surface area contributed by atoms with Gasteiger partial charge in [0.25, 0.3) is 0 Å². The molecule has 0 saturated carbocycles. The number of aryl methyl sites for hydroxylation is 2. The Balaban J connectivity index is 3.10. The van der Waals surface area contributed by atoms with E-state index in [1.807, 2.05) is 0 Å². The summed E-state index contributed by atoms with van der Waals surface area (Å²) in [4.78, 5) is 0.232. The summed E-state index contributed by atoms with van der Waals surface area (Å²) in [6.45, 7) is 3.57. The van der Waals surface area contributed by atoms with Gasteiger partial charge in [-0.15, -0.1) is 0 Å². The van der Waals surface area contributed by atoms with Crippen molar-refractivity contribution in [3.05, 3.63) is 11.4 Å². The minimum absolute atomic E-state index is 0.0309. The van der Waals surface area contributed by atoms with Crippen LogP contribution in [0.3, 0.4) is 0 Å². The first-order valence-corrected chi connectivity index (χ1v) is 6.91. The van der Waals surface area contributed by atoms with Gasteiger partial charge in [-0.2, -0.15) is 5.10 Å². The topological polar surface area (TPSA) is 105 Å². The first-order chi connectivity index (χ1) is 8.17. The molecule has 0 aromatic carbocycles. The maximum absolute atomic E-state index is 12.4. The molecule has 0 bridgehead atoms. The van der Waals surface area contributed by atoms with Crippen molar-refractivity contribution in [1.29, 1.82) is 5.41 Å². The van der Waals surface area contributed by atoms with Gasteiger partial charge in [-0.3, -0.25) is 10.1 Å². The summed E-state index contributed by atoms with van der Waals surface area (Å²) >= 11 is 0. The van der Waals surface area contributed by atoms with Gasteiger partial charge < -0.3 is 5.73 Å². The number of nitrogens with zero attached hydrogens (tertiary/aromatic N) is 3. The normalized spacial score (nSPS) is 12.1. The lowest BCUT2D eigenvalue weighted by Gasteiger charge is -2.16. The van der Waals surface area contributed by atoms with Crippen LogP contribution in [-0.4, -0.2) is 41.9 Å². The summed E-state index contributed by atoms with van der Waals surface area (Å²) in [5, 5.41) is 11.2. The fourth-order valence-corrected chi connectivity index (χ4v) is 3.24. The third kappa shape index (κ3) is 2.70. The van der Waals surface area contributed by atoms with E-state index in [1.54, 1.807) is 25.6 Å². The summed E-state index contributed by atoms with van der Waals surface area (Å²) in [7, 11) is -0.396. The van der Waals surface area contributed by atoms with Gasteiger partial charge in [0, 0.05) is 27.1 Å². The molecule has 0 amide bonds. The molecule has 0 aliphatic rings. The molecular formula is C10H19N5O2S. The fraction of sp³-hybridized carbons (Fsp3) is 0.600. The summed E-state index contributed by atoms with van der Waals surface area (Å²) in [5.41, 5.74) is 6.31. The molecule has 7 nitrogen and oxygen atoms in total. The Kier molecular flexibility index (Phi) is 4.12. The van der Waals surface area contributed by atoms with Crippen LogP contribution in [0.25, 0.3) is 0 Å². The number of nitrogens with one attached hydrogen (secondary N) is 1. The average molecular weight is 273 g/mol. The minimum Gasteiger partial charge on any atom is -0.388 e. The molecule has 1 rings (SSSR count). The van der Waals surface area contributed by atoms with E-state index < -0.39 is 10.0 Å². The molecule has 0 aliphatic carbocycles. The molecule has 3 N–H and O–H groups in total. The molecule has 0 fully saturated rings. The Bertz CT molecular complexity index is 561. The quantitative estimate of drug-likeness (QED) is 0.581. The van der Waals surface area contributed by atoms with Crippen molar-refractivity contribution in [3.8, 4) is 0 Å². The van der Waals surface area contributed by atoms with Gasteiger partial charge in [0.15, 0.2) is 0 Å². The predicted octanol–water partition coefficient (Wildman–Crippen LogP) is -0.0165. The van der Waals surface area contributed by atoms with Crippen LogP contribution in [0.4, 0.5) is 0 Å². The molecule has 1 heterocycles. The maximum Gasteiger partial charge on any atom is 0.246 e. The molecule has 0 unspecified atom stereocenters. The molecule has 0 saturated heterocycles. The van der Waals surface area contributed by atoms with E-state index in [0.29, 0.717) is 11.4 Å².